The molecule has 0 unspecified atom stereocenters. The Hall–Kier alpha value is -1.71. The minimum absolute atomic E-state index is 0.0807. The molecule has 1 amide bonds. The van der Waals surface area contributed by atoms with E-state index in [9.17, 15) is 4.79 Å². The predicted molar refractivity (Wildman–Crippen MR) is 76.5 cm³/mol. The molecule has 0 fully saturated rings. The Kier molecular flexibility index (Phi) is 4.59. The Balaban J connectivity index is 3.08. The Bertz CT molecular complexity index is 427. The highest BCUT2D eigenvalue weighted by Crippen LogP contribution is 2.23. The standard InChI is InChI=1S/C14H23N3O/c1-10(2)17(11(3)18)9-12-8-13(15)6-7-14(12)16(4)5/h6-8,10H,9,15H2,1-5H3. The van der Waals surface area contributed by atoms with Crippen molar-refractivity contribution >= 4 is 17.3 Å². The molecule has 0 saturated heterocycles. The van der Waals surface area contributed by atoms with Gasteiger partial charge >= 0.3 is 0 Å². The fourth-order valence-electron chi connectivity index (χ4n) is 2.01. The van der Waals surface area contributed by atoms with E-state index in [-0.39, 0.29) is 11.9 Å². The van der Waals surface area contributed by atoms with Crippen LogP contribution in [-0.2, 0) is 11.3 Å². The van der Waals surface area contributed by atoms with Gasteiger partial charge in [0.2, 0.25) is 5.91 Å². The molecule has 0 aliphatic rings. The highest BCUT2D eigenvalue weighted by Gasteiger charge is 2.15. The number of amides is 1. The van der Waals surface area contributed by atoms with E-state index in [1.165, 1.54) is 0 Å². The van der Waals surface area contributed by atoms with Gasteiger partial charge in [0, 0.05) is 45.0 Å². The number of carbonyl (C=O) groups is 1. The molecule has 0 bridgehead atoms. The Morgan fingerprint density at radius 3 is 2.39 bits per heavy atom. The van der Waals surface area contributed by atoms with Crippen molar-refractivity contribution in [2.45, 2.75) is 33.4 Å². The first-order valence-corrected chi connectivity index (χ1v) is 6.16. The molecule has 2 N–H and O–H groups in total. The van der Waals surface area contributed by atoms with Crippen molar-refractivity contribution in [1.82, 2.24) is 4.90 Å². The van der Waals surface area contributed by atoms with Gasteiger partial charge < -0.3 is 15.5 Å². The van der Waals surface area contributed by atoms with E-state index in [0.29, 0.717) is 6.54 Å². The monoisotopic (exact) mass is 249 g/mol. The maximum absolute atomic E-state index is 11.6. The van der Waals surface area contributed by atoms with Gasteiger partial charge in [-0.05, 0) is 37.6 Å². The first kappa shape index (κ1) is 14.4. The van der Waals surface area contributed by atoms with Gasteiger partial charge in [-0.25, -0.2) is 0 Å². The van der Waals surface area contributed by atoms with Crippen molar-refractivity contribution in [2.24, 2.45) is 0 Å². The van der Waals surface area contributed by atoms with Crippen LogP contribution >= 0.6 is 0 Å². The minimum atomic E-state index is 0.0807. The molecule has 0 aliphatic heterocycles. The summed E-state index contributed by atoms with van der Waals surface area (Å²) in [7, 11) is 3.98. The zero-order valence-electron chi connectivity index (χ0n) is 11.9. The summed E-state index contributed by atoms with van der Waals surface area (Å²) in [6, 6.07) is 5.99. The van der Waals surface area contributed by atoms with Crippen LogP contribution in [0.5, 0.6) is 0 Å². The normalized spacial score (nSPS) is 10.6. The van der Waals surface area contributed by atoms with Gasteiger partial charge in [-0.15, -0.1) is 0 Å². The number of rotatable bonds is 4. The average Bonchev–Trinajstić information content (AvgIpc) is 2.24. The summed E-state index contributed by atoms with van der Waals surface area (Å²) in [4.78, 5) is 15.5. The van der Waals surface area contributed by atoms with Crippen molar-refractivity contribution in [3.05, 3.63) is 23.8 Å². The van der Waals surface area contributed by atoms with Crippen molar-refractivity contribution in [1.29, 1.82) is 0 Å². The van der Waals surface area contributed by atoms with E-state index in [4.69, 9.17) is 5.73 Å². The highest BCUT2D eigenvalue weighted by molar-refractivity contribution is 5.74. The van der Waals surface area contributed by atoms with Gasteiger partial charge in [0.15, 0.2) is 0 Å². The molecule has 0 heterocycles. The van der Waals surface area contributed by atoms with Crippen LogP contribution in [0.25, 0.3) is 0 Å². The number of hydrogen-bond donors (Lipinski definition) is 1. The second kappa shape index (κ2) is 5.76. The summed E-state index contributed by atoms with van der Waals surface area (Å²) < 4.78 is 0. The van der Waals surface area contributed by atoms with Crippen LogP contribution in [0.2, 0.25) is 0 Å². The number of nitrogens with zero attached hydrogens (tertiary/aromatic N) is 2. The molecule has 0 spiro atoms. The SMILES string of the molecule is CC(=O)N(Cc1cc(N)ccc1N(C)C)C(C)C. The topological polar surface area (TPSA) is 49.6 Å². The third kappa shape index (κ3) is 3.39. The fraction of sp³-hybridized carbons (Fsp3) is 0.500. The molecule has 0 saturated carbocycles. The molecule has 0 atom stereocenters. The number of benzene rings is 1. The van der Waals surface area contributed by atoms with E-state index in [2.05, 4.69) is 0 Å². The zero-order chi connectivity index (χ0) is 13.9. The first-order chi connectivity index (χ1) is 8.32. The van der Waals surface area contributed by atoms with E-state index in [1.807, 2.05) is 55.9 Å². The average molecular weight is 249 g/mol. The molecule has 0 radical (unpaired) electrons. The van der Waals surface area contributed by atoms with Gasteiger partial charge in [0.05, 0.1) is 0 Å². The molecule has 18 heavy (non-hydrogen) atoms. The maximum Gasteiger partial charge on any atom is 0.219 e. The molecule has 4 heteroatoms. The quantitative estimate of drug-likeness (QED) is 0.831. The predicted octanol–water partition coefficient (Wildman–Crippen LogP) is 2.09. The Morgan fingerprint density at radius 1 is 1.33 bits per heavy atom. The van der Waals surface area contributed by atoms with Gasteiger partial charge in [0.25, 0.3) is 0 Å². The summed E-state index contributed by atoms with van der Waals surface area (Å²) in [6.45, 7) is 6.22. The molecular formula is C14H23N3O. The second-order valence-corrected chi connectivity index (χ2v) is 5.02. The molecule has 1 aromatic rings. The smallest absolute Gasteiger partial charge is 0.219 e. The van der Waals surface area contributed by atoms with Crippen LogP contribution in [0.4, 0.5) is 11.4 Å². The summed E-state index contributed by atoms with van der Waals surface area (Å²) in [5, 5.41) is 0. The van der Waals surface area contributed by atoms with Crippen LogP contribution in [-0.4, -0.2) is 30.9 Å². The van der Waals surface area contributed by atoms with Crippen LogP contribution in [0.1, 0.15) is 26.3 Å². The first-order valence-electron chi connectivity index (χ1n) is 6.16. The van der Waals surface area contributed by atoms with Crippen molar-refractivity contribution in [3.63, 3.8) is 0 Å². The third-order valence-electron chi connectivity index (χ3n) is 2.95. The number of hydrogen-bond acceptors (Lipinski definition) is 3. The summed E-state index contributed by atoms with van der Waals surface area (Å²) >= 11 is 0. The van der Waals surface area contributed by atoms with E-state index < -0.39 is 0 Å². The molecule has 4 nitrogen and oxygen atoms in total. The van der Waals surface area contributed by atoms with Crippen LogP contribution in [0.3, 0.4) is 0 Å². The molecule has 1 rings (SSSR count). The summed E-state index contributed by atoms with van der Waals surface area (Å²) in [5.74, 6) is 0.0807. The number of anilines is 2. The van der Waals surface area contributed by atoms with E-state index in [1.54, 1.807) is 6.92 Å². The number of nitrogen functional groups attached to an aromatic ring is 1. The maximum atomic E-state index is 11.6. The molecule has 0 aliphatic carbocycles. The van der Waals surface area contributed by atoms with E-state index >= 15 is 0 Å². The number of carbonyl (C=O) groups excluding carboxylic acids is 1. The lowest BCUT2D eigenvalue weighted by atomic mass is 10.1. The summed E-state index contributed by atoms with van der Waals surface area (Å²) in [5.41, 5.74) is 8.73. The minimum Gasteiger partial charge on any atom is -0.399 e. The van der Waals surface area contributed by atoms with Gasteiger partial charge in [-0.1, -0.05) is 0 Å². The van der Waals surface area contributed by atoms with Gasteiger partial charge in [-0.3, -0.25) is 4.79 Å². The van der Waals surface area contributed by atoms with Crippen LogP contribution in [0.15, 0.2) is 18.2 Å². The second-order valence-electron chi connectivity index (χ2n) is 5.02. The summed E-state index contributed by atoms with van der Waals surface area (Å²) in [6.07, 6.45) is 0. The van der Waals surface area contributed by atoms with Gasteiger partial charge in [-0.2, -0.15) is 0 Å². The van der Waals surface area contributed by atoms with Crippen molar-refractivity contribution < 1.29 is 4.79 Å². The highest BCUT2D eigenvalue weighted by atomic mass is 16.2. The molecule has 1 aromatic carbocycles. The fourth-order valence-corrected chi connectivity index (χ4v) is 2.01. The lowest BCUT2D eigenvalue weighted by molar-refractivity contribution is -0.131. The van der Waals surface area contributed by atoms with Crippen LogP contribution in [0, 0.1) is 0 Å². The molecule has 0 aromatic heterocycles. The van der Waals surface area contributed by atoms with E-state index in [0.717, 1.165) is 16.9 Å². The third-order valence-corrected chi connectivity index (χ3v) is 2.95. The molecule has 100 valence electrons. The van der Waals surface area contributed by atoms with Crippen LogP contribution < -0.4 is 10.6 Å². The van der Waals surface area contributed by atoms with Gasteiger partial charge in [0.1, 0.15) is 0 Å². The lowest BCUT2D eigenvalue weighted by Crippen LogP contribution is -2.35. The van der Waals surface area contributed by atoms with Crippen molar-refractivity contribution in [2.75, 3.05) is 24.7 Å². The largest absolute Gasteiger partial charge is 0.399 e. The molecular weight excluding hydrogens is 226 g/mol. The number of nitrogens with two attached hydrogens (primary N) is 1. The Morgan fingerprint density at radius 2 is 1.94 bits per heavy atom. The lowest BCUT2D eigenvalue weighted by Gasteiger charge is -2.28. The zero-order valence-corrected chi connectivity index (χ0v) is 11.9. The van der Waals surface area contributed by atoms with Crippen molar-refractivity contribution in [3.8, 4) is 0 Å². The Labute approximate surface area is 109 Å².